The quantitative estimate of drug-likeness (QED) is 0.671. The average Bonchev–Trinajstić information content (AvgIpc) is 2.08. The highest BCUT2D eigenvalue weighted by atomic mass is 79.9. The lowest BCUT2D eigenvalue weighted by Gasteiger charge is -2.05. The largest absolute Gasteiger partial charge is 0.233 e. The molecule has 0 unspecified atom stereocenters. The van der Waals surface area contributed by atoms with Crippen molar-refractivity contribution in [2.75, 3.05) is 0 Å². The van der Waals surface area contributed by atoms with Crippen LogP contribution in [0.4, 0.5) is 0 Å². The van der Waals surface area contributed by atoms with E-state index in [0.29, 0.717) is 0 Å². The molecular weight excluding hydrogens is 240 g/mol. The normalized spacial score (nSPS) is 10.9. The number of hydrogen-bond acceptors (Lipinski definition) is 2. The van der Waals surface area contributed by atoms with Crippen LogP contribution in [0.25, 0.3) is 11.0 Å². The van der Waals surface area contributed by atoms with Gasteiger partial charge in [0, 0.05) is 11.1 Å². The summed E-state index contributed by atoms with van der Waals surface area (Å²) < 4.78 is 0.877. The van der Waals surface area contributed by atoms with Crippen LogP contribution >= 0.6 is 15.9 Å². The highest BCUT2D eigenvalue weighted by Crippen LogP contribution is 2.21. The molecule has 0 saturated heterocycles. The molecule has 0 saturated carbocycles. The second-order valence-corrected chi connectivity index (χ2v) is 4.30. The molecule has 0 spiro atoms. The fourth-order valence-corrected chi connectivity index (χ4v) is 1.83. The highest BCUT2D eigenvalue weighted by molar-refractivity contribution is 9.10. The molecule has 3 heteroatoms. The standard InChI is InChI=1S/C11H11BrN2/c1-6-4-8(3)13-11-9(6)5-7(2)10(12)14-11/h4-5H,1-3H3. The summed E-state index contributed by atoms with van der Waals surface area (Å²) in [6.45, 7) is 6.11. The number of fused-ring (bicyclic) bond motifs is 1. The molecule has 2 rings (SSSR count). The van der Waals surface area contributed by atoms with E-state index in [1.807, 2.05) is 13.8 Å². The van der Waals surface area contributed by atoms with Crippen LogP contribution in [0.15, 0.2) is 16.7 Å². The Hall–Kier alpha value is -0.960. The van der Waals surface area contributed by atoms with Gasteiger partial charge in [-0.2, -0.15) is 0 Å². The van der Waals surface area contributed by atoms with Crippen molar-refractivity contribution in [1.82, 2.24) is 9.97 Å². The highest BCUT2D eigenvalue weighted by Gasteiger charge is 2.04. The molecule has 2 nitrogen and oxygen atoms in total. The molecule has 0 aliphatic carbocycles. The second-order valence-electron chi connectivity index (χ2n) is 3.55. The maximum Gasteiger partial charge on any atom is 0.160 e. The van der Waals surface area contributed by atoms with Crippen LogP contribution in [0.3, 0.4) is 0 Å². The van der Waals surface area contributed by atoms with E-state index in [1.54, 1.807) is 0 Å². The summed E-state index contributed by atoms with van der Waals surface area (Å²) in [7, 11) is 0. The number of pyridine rings is 2. The number of rotatable bonds is 0. The number of halogens is 1. The van der Waals surface area contributed by atoms with Crippen LogP contribution in [0.5, 0.6) is 0 Å². The number of nitrogens with zero attached hydrogens (tertiary/aromatic N) is 2. The molecule has 2 aromatic heterocycles. The number of aryl methyl sites for hydroxylation is 3. The van der Waals surface area contributed by atoms with Crippen molar-refractivity contribution in [1.29, 1.82) is 0 Å². The predicted molar refractivity (Wildman–Crippen MR) is 61.4 cm³/mol. The van der Waals surface area contributed by atoms with Gasteiger partial charge >= 0.3 is 0 Å². The van der Waals surface area contributed by atoms with Gasteiger partial charge in [0.15, 0.2) is 5.65 Å². The van der Waals surface area contributed by atoms with E-state index in [4.69, 9.17) is 0 Å². The first-order valence-electron chi connectivity index (χ1n) is 4.49. The van der Waals surface area contributed by atoms with E-state index in [2.05, 4.69) is 45.0 Å². The summed E-state index contributed by atoms with van der Waals surface area (Å²) in [6.07, 6.45) is 0. The van der Waals surface area contributed by atoms with Gasteiger partial charge < -0.3 is 0 Å². The lowest BCUT2D eigenvalue weighted by Crippen LogP contribution is -1.92. The number of aromatic nitrogens is 2. The zero-order valence-electron chi connectivity index (χ0n) is 8.43. The zero-order valence-corrected chi connectivity index (χ0v) is 10.0. The van der Waals surface area contributed by atoms with Crippen LogP contribution in [0, 0.1) is 20.8 Å². The molecule has 0 radical (unpaired) electrons. The zero-order chi connectivity index (χ0) is 10.3. The SMILES string of the molecule is Cc1cc(C)c2cc(C)c(Br)nc2n1. The smallest absolute Gasteiger partial charge is 0.160 e. The Morgan fingerprint density at radius 3 is 2.43 bits per heavy atom. The maximum absolute atomic E-state index is 4.40. The maximum atomic E-state index is 4.40. The van der Waals surface area contributed by atoms with E-state index in [-0.39, 0.29) is 0 Å². The van der Waals surface area contributed by atoms with Gasteiger partial charge in [0.2, 0.25) is 0 Å². The first-order chi connectivity index (χ1) is 6.58. The van der Waals surface area contributed by atoms with Gasteiger partial charge in [-0.1, -0.05) is 0 Å². The Morgan fingerprint density at radius 2 is 1.71 bits per heavy atom. The molecule has 72 valence electrons. The van der Waals surface area contributed by atoms with Gasteiger partial charge in [-0.15, -0.1) is 0 Å². The van der Waals surface area contributed by atoms with Crippen LogP contribution in [0.1, 0.15) is 16.8 Å². The Morgan fingerprint density at radius 1 is 1.00 bits per heavy atom. The van der Waals surface area contributed by atoms with Crippen molar-refractivity contribution in [2.24, 2.45) is 0 Å². The molecule has 14 heavy (non-hydrogen) atoms. The van der Waals surface area contributed by atoms with Crippen LogP contribution in [0.2, 0.25) is 0 Å². The Balaban J connectivity index is 2.89. The summed E-state index contributed by atoms with van der Waals surface area (Å²) in [5.74, 6) is 0. The lowest BCUT2D eigenvalue weighted by molar-refractivity contribution is 1.16. The van der Waals surface area contributed by atoms with Crippen molar-refractivity contribution in [3.63, 3.8) is 0 Å². The minimum absolute atomic E-state index is 0.819. The van der Waals surface area contributed by atoms with Crippen LogP contribution in [-0.2, 0) is 0 Å². The minimum Gasteiger partial charge on any atom is -0.233 e. The summed E-state index contributed by atoms with van der Waals surface area (Å²) >= 11 is 3.41. The van der Waals surface area contributed by atoms with Gasteiger partial charge in [0.1, 0.15) is 4.60 Å². The van der Waals surface area contributed by atoms with E-state index >= 15 is 0 Å². The van der Waals surface area contributed by atoms with Crippen LogP contribution in [-0.4, -0.2) is 9.97 Å². The molecule has 0 amide bonds. The Bertz CT molecular complexity index is 506. The lowest BCUT2D eigenvalue weighted by atomic mass is 10.1. The van der Waals surface area contributed by atoms with Crippen molar-refractivity contribution < 1.29 is 0 Å². The van der Waals surface area contributed by atoms with E-state index in [0.717, 1.165) is 26.9 Å². The molecular formula is C11H11BrN2. The van der Waals surface area contributed by atoms with Gasteiger partial charge in [-0.3, -0.25) is 0 Å². The van der Waals surface area contributed by atoms with Gasteiger partial charge in [-0.25, -0.2) is 9.97 Å². The predicted octanol–water partition coefficient (Wildman–Crippen LogP) is 3.32. The molecule has 2 aromatic rings. The first kappa shape index (κ1) is 9.59. The Kier molecular flexibility index (Phi) is 2.27. The van der Waals surface area contributed by atoms with Crippen molar-refractivity contribution in [3.8, 4) is 0 Å². The molecule has 0 bridgehead atoms. The molecule has 0 aromatic carbocycles. The molecule has 0 N–H and O–H groups in total. The topological polar surface area (TPSA) is 25.8 Å². The van der Waals surface area contributed by atoms with E-state index in [9.17, 15) is 0 Å². The van der Waals surface area contributed by atoms with Crippen molar-refractivity contribution in [2.45, 2.75) is 20.8 Å². The third-order valence-corrected chi connectivity index (χ3v) is 3.07. The third-order valence-electron chi connectivity index (χ3n) is 2.26. The van der Waals surface area contributed by atoms with Crippen molar-refractivity contribution in [3.05, 3.63) is 33.6 Å². The Labute approximate surface area is 91.5 Å². The third kappa shape index (κ3) is 1.52. The summed E-state index contributed by atoms with van der Waals surface area (Å²) in [5.41, 5.74) is 4.21. The monoisotopic (exact) mass is 250 g/mol. The van der Waals surface area contributed by atoms with Gasteiger partial charge in [-0.05, 0) is 60.0 Å². The second kappa shape index (κ2) is 3.31. The van der Waals surface area contributed by atoms with E-state index in [1.165, 1.54) is 5.56 Å². The van der Waals surface area contributed by atoms with E-state index < -0.39 is 0 Å². The molecule has 0 atom stereocenters. The fourth-order valence-electron chi connectivity index (χ4n) is 1.55. The van der Waals surface area contributed by atoms with Gasteiger partial charge in [0.05, 0.1) is 0 Å². The average molecular weight is 251 g/mol. The molecule has 2 heterocycles. The summed E-state index contributed by atoms with van der Waals surface area (Å²) in [4.78, 5) is 8.80. The number of hydrogen-bond donors (Lipinski definition) is 0. The summed E-state index contributed by atoms with van der Waals surface area (Å²) in [5, 5.41) is 1.14. The molecule has 0 aliphatic rings. The molecule has 0 fully saturated rings. The van der Waals surface area contributed by atoms with Crippen LogP contribution < -0.4 is 0 Å². The van der Waals surface area contributed by atoms with Gasteiger partial charge in [0.25, 0.3) is 0 Å². The summed E-state index contributed by atoms with van der Waals surface area (Å²) in [6, 6.07) is 4.20. The first-order valence-corrected chi connectivity index (χ1v) is 5.28. The fraction of sp³-hybridized carbons (Fsp3) is 0.273. The minimum atomic E-state index is 0.819. The van der Waals surface area contributed by atoms with Crippen molar-refractivity contribution >= 4 is 27.0 Å². The molecule has 0 aliphatic heterocycles.